The van der Waals surface area contributed by atoms with Gasteiger partial charge in [-0.25, -0.2) is 0 Å². The molecular weight excluding hydrogens is 376 g/mol. The van der Waals surface area contributed by atoms with Crippen molar-refractivity contribution >= 4 is 23.6 Å². The smallest absolute Gasteiger partial charge is 0.247 e. The van der Waals surface area contributed by atoms with E-state index in [1.165, 1.54) is 0 Å². The Labute approximate surface area is 170 Å². The molecule has 0 atom stereocenters. The summed E-state index contributed by atoms with van der Waals surface area (Å²) in [4.78, 5) is 18.7. The Balaban J connectivity index is 1.76. The van der Waals surface area contributed by atoms with Gasteiger partial charge < -0.3 is 14.4 Å². The van der Waals surface area contributed by atoms with E-state index >= 15 is 0 Å². The van der Waals surface area contributed by atoms with Crippen molar-refractivity contribution in [1.29, 1.82) is 0 Å². The molecular formula is C22H25ClN2O3. The van der Waals surface area contributed by atoms with Gasteiger partial charge in [-0.15, -0.1) is 0 Å². The normalized spacial score (nSPS) is 13.8. The van der Waals surface area contributed by atoms with E-state index in [9.17, 15) is 4.79 Å². The minimum Gasteiger partial charge on any atom is -0.493 e. The van der Waals surface area contributed by atoms with Crippen LogP contribution in [0.3, 0.4) is 0 Å². The molecule has 0 N–H and O–H groups in total. The predicted molar refractivity (Wildman–Crippen MR) is 111 cm³/mol. The third-order valence-corrected chi connectivity index (χ3v) is 4.68. The zero-order valence-corrected chi connectivity index (χ0v) is 17.1. The van der Waals surface area contributed by atoms with Crippen molar-refractivity contribution in [3.63, 3.8) is 0 Å². The molecule has 3 rings (SSSR count). The Kier molecular flexibility index (Phi) is 6.57. The number of nitrogens with zero attached hydrogens (tertiary/aromatic N) is 2. The van der Waals surface area contributed by atoms with Gasteiger partial charge in [0.25, 0.3) is 0 Å². The fraction of sp³-hybridized carbons (Fsp3) is 0.364. The summed E-state index contributed by atoms with van der Waals surface area (Å²) in [5.41, 5.74) is 1.86. The first-order valence-electron chi connectivity index (χ1n) is 9.39. The molecule has 1 fully saturated rings. The number of ether oxygens (including phenoxy) is 2. The topological polar surface area (TPSA) is 51.7 Å². The first-order chi connectivity index (χ1) is 13.5. The quantitative estimate of drug-likeness (QED) is 0.601. The second-order valence-corrected chi connectivity index (χ2v) is 7.49. The highest BCUT2D eigenvalue weighted by Gasteiger charge is 2.31. The van der Waals surface area contributed by atoms with Gasteiger partial charge in [0, 0.05) is 31.1 Å². The monoisotopic (exact) mass is 400 g/mol. The van der Waals surface area contributed by atoms with Crippen LogP contribution in [0.25, 0.3) is 6.08 Å². The van der Waals surface area contributed by atoms with E-state index in [1.807, 2.05) is 36.9 Å². The largest absolute Gasteiger partial charge is 0.493 e. The van der Waals surface area contributed by atoms with Crippen LogP contribution in [0.2, 0.25) is 5.02 Å². The highest BCUT2D eigenvalue weighted by molar-refractivity contribution is 6.32. The summed E-state index contributed by atoms with van der Waals surface area (Å²) in [6.07, 6.45) is 8.92. The van der Waals surface area contributed by atoms with Crippen molar-refractivity contribution in [3.05, 3.63) is 58.9 Å². The molecule has 1 amide bonds. The molecule has 148 valence electrons. The summed E-state index contributed by atoms with van der Waals surface area (Å²) < 4.78 is 11.1. The summed E-state index contributed by atoms with van der Waals surface area (Å²) in [6, 6.07) is 7.77. The maximum Gasteiger partial charge on any atom is 0.247 e. The molecule has 5 nitrogen and oxygen atoms in total. The number of hydrogen-bond donors (Lipinski definition) is 0. The summed E-state index contributed by atoms with van der Waals surface area (Å²) in [7, 11) is 1.57. The molecule has 1 aromatic carbocycles. The highest BCUT2D eigenvalue weighted by atomic mass is 35.5. The third kappa shape index (κ3) is 5.26. The molecule has 1 aromatic heterocycles. The van der Waals surface area contributed by atoms with Crippen LogP contribution in [0.15, 0.2) is 42.7 Å². The van der Waals surface area contributed by atoms with Gasteiger partial charge in [-0.2, -0.15) is 0 Å². The van der Waals surface area contributed by atoms with E-state index in [1.54, 1.807) is 37.7 Å². The number of halogens is 1. The molecule has 0 spiro atoms. The van der Waals surface area contributed by atoms with E-state index in [-0.39, 0.29) is 12.0 Å². The van der Waals surface area contributed by atoms with Crippen LogP contribution >= 0.6 is 11.6 Å². The maximum absolute atomic E-state index is 12.8. The maximum atomic E-state index is 12.8. The van der Waals surface area contributed by atoms with E-state index in [0.717, 1.165) is 24.0 Å². The van der Waals surface area contributed by atoms with Gasteiger partial charge in [-0.1, -0.05) is 11.6 Å². The zero-order chi connectivity index (χ0) is 20.1. The minimum atomic E-state index is -0.0188. The van der Waals surface area contributed by atoms with Crippen LogP contribution in [-0.2, 0) is 11.3 Å². The Morgan fingerprint density at radius 3 is 2.64 bits per heavy atom. The van der Waals surface area contributed by atoms with E-state index in [2.05, 4.69) is 4.98 Å². The van der Waals surface area contributed by atoms with Gasteiger partial charge in [0.15, 0.2) is 11.5 Å². The van der Waals surface area contributed by atoms with Gasteiger partial charge >= 0.3 is 0 Å². The molecule has 0 bridgehead atoms. The van der Waals surface area contributed by atoms with E-state index < -0.39 is 0 Å². The zero-order valence-electron chi connectivity index (χ0n) is 16.4. The average molecular weight is 401 g/mol. The van der Waals surface area contributed by atoms with Crippen molar-refractivity contribution in [2.24, 2.45) is 0 Å². The molecule has 0 aliphatic heterocycles. The number of amides is 1. The number of carbonyl (C=O) groups is 1. The molecule has 2 aromatic rings. The molecule has 0 unspecified atom stereocenters. The van der Waals surface area contributed by atoms with Crippen LogP contribution in [-0.4, -0.2) is 35.0 Å². The van der Waals surface area contributed by atoms with Gasteiger partial charge in [-0.05, 0) is 68.2 Å². The van der Waals surface area contributed by atoms with Crippen molar-refractivity contribution in [2.45, 2.75) is 45.4 Å². The van der Waals surface area contributed by atoms with E-state index in [0.29, 0.717) is 29.1 Å². The second-order valence-electron chi connectivity index (χ2n) is 7.09. The average Bonchev–Trinajstić information content (AvgIpc) is 3.51. The number of methoxy groups -OCH3 is 1. The number of carbonyl (C=O) groups excluding carboxylic acids is 1. The molecule has 1 heterocycles. The lowest BCUT2D eigenvalue weighted by atomic mass is 10.1. The first kappa shape index (κ1) is 20.2. The summed E-state index contributed by atoms with van der Waals surface area (Å²) >= 11 is 6.36. The fourth-order valence-corrected chi connectivity index (χ4v) is 3.17. The second kappa shape index (κ2) is 9.11. The number of benzene rings is 1. The van der Waals surface area contributed by atoms with Gasteiger partial charge in [0.1, 0.15) is 0 Å². The molecule has 1 aliphatic carbocycles. The molecule has 1 saturated carbocycles. The SMILES string of the molecule is COc1cc(/C=C/C(=O)N(Cc2ccncc2)C2CC2)cc(Cl)c1OC(C)C. The molecule has 6 heteroatoms. The predicted octanol–water partition coefficient (Wildman–Crippen LogP) is 4.74. The molecule has 0 radical (unpaired) electrons. The van der Waals surface area contributed by atoms with E-state index in [4.69, 9.17) is 21.1 Å². The standard InChI is InChI=1S/C22H25ClN2O3/c1-15(2)28-22-19(23)12-17(13-20(22)27-3)4-7-21(26)25(18-5-6-18)14-16-8-10-24-11-9-16/h4,7-13,15,18H,5-6,14H2,1-3H3/b7-4+. The van der Waals surface area contributed by atoms with Crippen LogP contribution in [0.5, 0.6) is 11.5 Å². The van der Waals surface area contributed by atoms with Crippen LogP contribution in [0, 0.1) is 0 Å². The van der Waals surface area contributed by atoms with Crippen molar-refractivity contribution in [1.82, 2.24) is 9.88 Å². The summed E-state index contributed by atoms with van der Waals surface area (Å²) in [6.45, 7) is 4.44. The molecule has 0 saturated heterocycles. The number of aromatic nitrogens is 1. The lowest BCUT2D eigenvalue weighted by Gasteiger charge is -2.21. The fourth-order valence-electron chi connectivity index (χ4n) is 2.91. The lowest BCUT2D eigenvalue weighted by Crippen LogP contribution is -2.31. The lowest BCUT2D eigenvalue weighted by molar-refractivity contribution is -0.127. The molecule has 28 heavy (non-hydrogen) atoms. The van der Waals surface area contributed by atoms with Crippen LogP contribution in [0.1, 0.15) is 37.8 Å². The number of hydrogen-bond acceptors (Lipinski definition) is 4. The Hall–Kier alpha value is -2.53. The van der Waals surface area contributed by atoms with Gasteiger partial charge in [-0.3, -0.25) is 9.78 Å². The summed E-state index contributed by atoms with van der Waals surface area (Å²) in [5.74, 6) is 1.04. The number of pyridine rings is 1. The number of rotatable bonds is 8. The first-order valence-corrected chi connectivity index (χ1v) is 9.77. The Morgan fingerprint density at radius 1 is 1.32 bits per heavy atom. The Bertz CT molecular complexity index is 848. The third-order valence-electron chi connectivity index (χ3n) is 4.40. The van der Waals surface area contributed by atoms with Crippen molar-refractivity contribution in [3.8, 4) is 11.5 Å². The van der Waals surface area contributed by atoms with Crippen molar-refractivity contribution in [2.75, 3.05) is 7.11 Å². The van der Waals surface area contributed by atoms with Crippen molar-refractivity contribution < 1.29 is 14.3 Å². The molecule has 1 aliphatic rings. The van der Waals surface area contributed by atoms with Gasteiger partial charge in [0.2, 0.25) is 5.91 Å². The Morgan fingerprint density at radius 2 is 2.04 bits per heavy atom. The van der Waals surface area contributed by atoms with Crippen LogP contribution < -0.4 is 9.47 Å². The summed E-state index contributed by atoms with van der Waals surface area (Å²) in [5, 5.41) is 0.455. The highest BCUT2D eigenvalue weighted by Crippen LogP contribution is 2.37. The van der Waals surface area contributed by atoms with Gasteiger partial charge in [0.05, 0.1) is 18.2 Å². The van der Waals surface area contributed by atoms with Crippen LogP contribution in [0.4, 0.5) is 0 Å². The minimum absolute atomic E-state index is 0.0168.